The first-order chi connectivity index (χ1) is 13.1. The van der Waals surface area contributed by atoms with Crippen molar-refractivity contribution in [1.82, 2.24) is 4.98 Å². The highest BCUT2D eigenvalue weighted by molar-refractivity contribution is 14.2. The van der Waals surface area contributed by atoms with E-state index in [1.165, 1.54) is 6.07 Å². The number of aromatic nitrogens is 1. The molecule has 0 atom stereocenters. The number of primary amides is 1. The molecule has 0 saturated heterocycles. The van der Waals surface area contributed by atoms with Crippen molar-refractivity contribution in [3.63, 3.8) is 0 Å². The Kier molecular flexibility index (Phi) is 5.34. The first-order valence-corrected chi connectivity index (χ1v) is 11.4. The number of halogens is 4. The lowest BCUT2D eigenvalue weighted by Gasteiger charge is -2.06. The predicted octanol–water partition coefficient (Wildman–Crippen LogP) is 3.73. The van der Waals surface area contributed by atoms with Crippen molar-refractivity contribution in [2.24, 2.45) is 5.73 Å². The minimum Gasteiger partial charge on any atom is -0.419 e. The molecule has 1 amide bonds. The third-order valence-corrected chi connectivity index (χ3v) is 5.77. The van der Waals surface area contributed by atoms with Crippen LogP contribution in [0.25, 0.3) is 11.5 Å². The number of anilines is 2. The van der Waals surface area contributed by atoms with Crippen LogP contribution in [0.3, 0.4) is 0 Å². The topological polar surface area (TPSA) is 115 Å². The highest BCUT2D eigenvalue weighted by Crippen LogP contribution is 2.32. The number of amides is 1. The van der Waals surface area contributed by atoms with Gasteiger partial charge in [-0.3, -0.25) is 4.79 Å². The van der Waals surface area contributed by atoms with Gasteiger partial charge in [0.25, 0.3) is 5.91 Å². The van der Waals surface area contributed by atoms with Gasteiger partial charge in [-0.1, -0.05) is 6.07 Å². The Morgan fingerprint density at radius 1 is 1.11 bits per heavy atom. The molecule has 28 heavy (non-hydrogen) atoms. The van der Waals surface area contributed by atoms with Crippen LogP contribution in [0.15, 0.2) is 45.7 Å². The van der Waals surface area contributed by atoms with Gasteiger partial charge >= 0.3 is 0 Å². The molecule has 146 valence electrons. The number of nitrogens with zero attached hydrogens (tertiary/aromatic N) is 1. The second-order valence-corrected chi connectivity index (χ2v) is 10.2. The average molecular weight is 523 g/mol. The maximum Gasteiger partial charge on any atom is 0.273 e. The van der Waals surface area contributed by atoms with E-state index >= 15 is 0 Å². The lowest BCUT2D eigenvalue weighted by Crippen LogP contribution is -2.13. The van der Waals surface area contributed by atoms with Crippen molar-refractivity contribution >= 4 is 45.7 Å². The van der Waals surface area contributed by atoms with Crippen molar-refractivity contribution in [2.45, 2.75) is 4.90 Å². The van der Waals surface area contributed by atoms with Crippen LogP contribution >= 0.6 is 21.2 Å². The van der Waals surface area contributed by atoms with Crippen LogP contribution < -0.4 is 11.1 Å². The zero-order valence-corrected chi connectivity index (χ0v) is 16.5. The highest BCUT2D eigenvalue weighted by atomic mass is 127. The van der Waals surface area contributed by atoms with E-state index in [9.17, 15) is 26.4 Å². The number of rotatable bonds is 5. The van der Waals surface area contributed by atoms with E-state index in [-0.39, 0.29) is 5.69 Å². The number of nitrogens with one attached hydrogen (secondary N) is 1. The minimum atomic E-state index is -3.81. The van der Waals surface area contributed by atoms with Gasteiger partial charge < -0.3 is 15.5 Å². The summed E-state index contributed by atoms with van der Waals surface area (Å²) in [6, 6.07) is 6.11. The zero-order valence-electron chi connectivity index (χ0n) is 13.5. The first kappa shape index (κ1) is 20.1. The second-order valence-electron chi connectivity index (χ2n) is 5.37. The summed E-state index contributed by atoms with van der Waals surface area (Å²) >= 11 is 1.08. The fourth-order valence-electron chi connectivity index (χ4n) is 2.29. The van der Waals surface area contributed by atoms with E-state index < -0.39 is 58.3 Å². The Balaban J connectivity index is 2.05. The van der Waals surface area contributed by atoms with Gasteiger partial charge in [-0.25, -0.2) is 26.6 Å². The molecule has 7 nitrogen and oxygen atoms in total. The largest absolute Gasteiger partial charge is 0.419 e. The second kappa shape index (κ2) is 7.43. The van der Waals surface area contributed by atoms with Crippen LogP contribution in [-0.4, -0.2) is 19.3 Å². The molecule has 0 aliphatic carbocycles. The molecule has 0 saturated carbocycles. The molecule has 0 radical (unpaired) electrons. The van der Waals surface area contributed by atoms with Crippen molar-refractivity contribution in [3.05, 3.63) is 59.5 Å². The highest BCUT2D eigenvalue weighted by Gasteiger charge is 2.24. The summed E-state index contributed by atoms with van der Waals surface area (Å²) in [5.41, 5.74) is 4.09. The molecule has 0 fully saturated rings. The quantitative estimate of drug-likeness (QED) is 0.389. The van der Waals surface area contributed by atoms with Gasteiger partial charge in [0, 0.05) is 5.69 Å². The summed E-state index contributed by atoms with van der Waals surface area (Å²) in [5.74, 6) is -5.03. The van der Waals surface area contributed by atoms with Gasteiger partial charge in [-0.15, -0.1) is 0 Å². The van der Waals surface area contributed by atoms with E-state index in [0.717, 1.165) is 51.5 Å². The van der Waals surface area contributed by atoms with Gasteiger partial charge in [-0.05, 0) is 30.3 Å². The van der Waals surface area contributed by atoms with Crippen LogP contribution in [-0.2, 0) is 7.01 Å². The van der Waals surface area contributed by atoms with Crippen LogP contribution in [0.2, 0.25) is 0 Å². The molecule has 2 aromatic carbocycles. The minimum absolute atomic E-state index is 0.0134. The maximum atomic E-state index is 14.0. The molecule has 3 N–H and O–H groups in total. The van der Waals surface area contributed by atoms with E-state index in [0.29, 0.717) is 0 Å². The smallest absolute Gasteiger partial charge is 0.273 e. The van der Waals surface area contributed by atoms with Crippen LogP contribution in [0.4, 0.5) is 24.7 Å². The van der Waals surface area contributed by atoms with E-state index in [4.69, 9.17) is 10.2 Å². The zero-order chi connectivity index (χ0) is 20.6. The number of benzene rings is 2. The Bertz CT molecular complexity index is 1180. The summed E-state index contributed by atoms with van der Waals surface area (Å²) < 4.78 is 70.0. The Morgan fingerprint density at radius 3 is 2.29 bits per heavy atom. The standard InChI is InChI=1S/C16H9F3IN3O4S/c17-8-2-1-3-9(18)12(8)15-23-13(14(21)24)16(27-15)22-7-4-5-11(10(19)6-7)28(20,25)26/h1-6,22H,(H2,21,24). The Hall–Kier alpha value is -2.61. The van der Waals surface area contributed by atoms with Crippen LogP contribution in [0.5, 0.6) is 0 Å². The van der Waals surface area contributed by atoms with Gasteiger partial charge in [0.05, 0.1) is 21.2 Å². The molecule has 0 bridgehead atoms. The number of hydrogen-bond donors (Lipinski definition) is 2. The molecule has 0 aliphatic heterocycles. The maximum absolute atomic E-state index is 14.0. The molecule has 1 aromatic heterocycles. The van der Waals surface area contributed by atoms with E-state index in [1.807, 2.05) is 0 Å². The molecule has 3 aromatic rings. The predicted molar refractivity (Wildman–Crippen MR) is 101 cm³/mol. The van der Waals surface area contributed by atoms with Gasteiger partial charge in [0.1, 0.15) is 27.9 Å². The molecule has 0 spiro atoms. The SMILES string of the molecule is NC(=O)c1nc(-c2c(F)cccc2F)oc1Nc1ccc(S(=O)(=O)I)c(F)c1. The molecular weight excluding hydrogens is 514 g/mol. The van der Waals surface area contributed by atoms with Crippen molar-refractivity contribution in [1.29, 1.82) is 0 Å². The third-order valence-electron chi connectivity index (χ3n) is 3.49. The number of oxazole rings is 1. The summed E-state index contributed by atoms with van der Waals surface area (Å²) in [5, 5.41) is 2.49. The number of carbonyl (C=O) groups excluding carboxylic acids is 1. The van der Waals surface area contributed by atoms with Crippen LogP contribution in [0.1, 0.15) is 10.5 Å². The van der Waals surface area contributed by atoms with Crippen molar-refractivity contribution in [2.75, 3.05) is 5.32 Å². The fraction of sp³-hybridized carbons (Fsp3) is 0. The average Bonchev–Trinajstić information content (AvgIpc) is 2.97. The molecule has 3 rings (SSSR count). The summed E-state index contributed by atoms with van der Waals surface area (Å²) in [6.07, 6.45) is 0. The van der Waals surface area contributed by atoms with Crippen molar-refractivity contribution < 1.29 is 30.8 Å². The van der Waals surface area contributed by atoms with Crippen molar-refractivity contribution in [3.8, 4) is 11.5 Å². The summed E-state index contributed by atoms with van der Waals surface area (Å²) in [6.45, 7) is 0. The van der Waals surface area contributed by atoms with Crippen LogP contribution in [0, 0.1) is 17.5 Å². The molecular formula is C16H9F3IN3O4S. The fourth-order valence-corrected chi connectivity index (χ4v) is 3.88. The Morgan fingerprint density at radius 2 is 1.75 bits per heavy atom. The molecule has 0 aliphatic rings. The molecule has 12 heteroatoms. The Labute approximate surface area is 168 Å². The summed E-state index contributed by atoms with van der Waals surface area (Å²) in [7, 11) is -3.81. The first-order valence-electron chi connectivity index (χ1n) is 7.34. The molecule has 0 unspecified atom stereocenters. The van der Waals surface area contributed by atoms with E-state index in [2.05, 4.69) is 10.3 Å². The number of nitrogens with two attached hydrogens (primary N) is 1. The number of carbonyl (C=O) groups is 1. The lowest BCUT2D eigenvalue weighted by molar-refractivity contribution is 0.0996. The normalized spacial score (nSPS) is 11.4. The summed E-state index contributed by atoms with van der Waals surface area (Å²) in [4.78, 5) is 14.8. The van der Waals surface area contributed by atoms with Gasteiger partial charge in [0.2, 0.25) is 18.8 Å². The molecule has 1 heterocycles. The monoisotopic (exact) mass is 523 g/mol. The van der Waals surface area contributed by atoms with Gasteiger partial charge in [0.15, 0.2) is 5.69 Å². The third kappa shape index (κ3) is 3.96. The van der Waals surface area contributed by atoms with E-state index in [1.54, 1.807) is 0 Å². The number of hydrogen-bond acceptors (Lipinski definition) is 6. The van der Waals surface area contributed by atoms with Gasteiger partial charge in [-0.2, -0.15) is 0 Å². The lowest BCUT2D eigenvalue weighted by atomic mass is 10.2.